The molecule has 0 radical (unpaired) electrons. The first-order valence-electron chi connectivity index (χ1n) is 5.54. The summed E-state index contributed by atoms with van der Waals surface area (Å²) in [4.78, 5) is 2.22. The fourth-order valence-corrected chi connectivity index (χ4v) is 1.82. The number of ether oxygens (including phenoxy) is 1. The molecule has 0 aromatic heterocycles. The summed E-state index contributed by atoms with van der Waals surface area (Å²) in [5.41, 5.74) is 0.541. The molecule has 1 heterocycles. The zero-order valence-corrected chi connectivity index (χ0v) is 9.45. The second kappa shape index (κ2) is 5.27. The van der Waals surface area contributed by atoms with E-state index in [-0.39, 0.29) is 11.9 Å². The molecule has 88 valence electrons. The van der Waals surface area contributed by atoms with Crippen molar-refractivity contribution in [3.8, 4) is 0 Å². The van der Waals surface area contributed by atoms with Gasteiger partial charge in [-0.05, 0) is 19.2 Å². The van der Waals surface area contributed by atoms with Gasteiger partial charge in [0, 0.05) is 19.6 Å². The average Bonchev–Trinajstić information content (AvgIpc) is 2.28. The molecule has 1 N–H and O–H groups in total. The molecular formula is C12H17FN2O. The second-order valence-electron chi connectivity index (χ2n) is 4.12. The Hall–Kier alpha value is -1.13. The van der Waals surface area contributed by atoms with Crippen LogP contribution in [0, 0.1) is 5.82 Å². The summed E-state index contributed by atoms with van der Waals surface area (Å²) >= 11 is 0. The molecule has 0 bridgehead atoms. The largest absolute Gasteiger partial charge is 0.380 e. The van der Waals surface area contributed by atoms with E-state index in [0.717, 1.165) is 19.7 Å². The van der Waals surface area contributed by atoms with E-state index < -0.39 is 0 Å². The lowest BCUT2D eigenvalue weighted by Crippen LogP contribution is -2.43. The van der Waals surface area contributed by atoms with E-state index in [0.29, 0.717) is 12.2 Å². The number of morpholine rings is 1. The van der Waals surface area contributed by atoms with Gasteiger partial charge in [0.15, 0.2) is 0 Å². The molecule has 1 saturated heterocycles. The van der Waals surface area contributed by atoms with Crippen molar-refractivity contribution in [2.24, 2.45) is 0 Å². The van der Waals surface area contributed by atoms with E-state index >= 15 is 0 Å². The highest BCUT2D eigenvalue weighted by molar-refractivity contribution is 5.44. The first-order valence-corrected chi connectivity index (χ1v) is 5.54. The number of benzene rings is 1. The first-order chi connectivity index (χ1) is 7.75. The Morgan fingerprint density at radius 1 is 1.50 bits per heavy atom. The van der Waals surface area contributed by atoms with Crippen LogP contribution in [0.15, 0.2) is 24.3 Å². The highest BCUT2D eigenvalue weighted by Gasteiger charge is 2.17. The van der Waals surface area contributed by atoms with Crippen LogP contribution in [-0.4, -0.2) is 44.3 Å². The van der Waals surface area contributed by atoms with Crippen LogP contribution in [0.3, 0.4) is 0 Å². The number of halogens is 1. The van der Waals surface area contributed by atoms with E-state index in [2.05, 4.69) is 17.3 Å². The first kappa shape index (κ1) is 11.4. The van der Waals surface area contributed by atoms with Crippen molar-refractivity contribution >= 4 is 5.69 Å². The summed E-state index contributed by atoms with van der Waals surface area (Å²) in [5, 5.41) is 3.08. The topological polar surface area (TPSA) is 24.5 Å². The monoisotopic (exact) mass is 224 g/mol. The molecule has 1 aromatic carbocycles. The number of anilines is 1. The van der Waals surface area contributed by atoms with Gasteiger partial charge < -0.3 is 15.0 Å². The van der Waals surface area contributed by atoms with Gasteiger partial charge in [0.25, 0.3) is 0 Å². The Labute approximate surface area is 95.2 Å². The van der Waals surface area contributed by atoms with Gasteiger partial charge in [-0.15, -0.1) is 0 Å². The molecule has 1 aromatic rings. The number of nitrogens with one attached hydrogen (secondary N) is 1. The van der Waals surface area contributed by atoms with Crippen LogP contribution < -0.4 is 5.32 Å². The summed E-state index contributed by atoms with van der Waals surface area (Å²) in [6.07, 6.45) is 0.137. The van der Waals surface area contributed by atoms with Gasteiger partial charge in [-0.3, -0.25) is 0 Å². The van der Waals surface area contributed by atoms with Gasteiger partial charge in [-0.1, -0.05) is 12.1 Å². The predicted molar refractivity (Wildman–Crippen MR) is 62.1 cm³/mol. The minimum atomic E-state index is -0.216. The Morgan fingerprint density at radius 3 is 3.06 bits per heavy atom. The van der Waals surface area contributed by atoms with E-state index in [1.807, 2.05) is 6.07 Å². The SMILES string of the molecule is CN1CCOC(CNc2ccccc2F)C1. The fraction of sp³-hybridized carbons (Fsp3) is 0.500. The highest BCUT2D eigenvalue weighted by atomic mass is 19.1. The number of likely N-dealkylation sites (N-methyl/N-ethyl adjacent to an activating group) is 1. The fourth-order valence-electron chi connectivity index (χ4n) is 1.82. The van der Waals surface area contributed by atoms with Crippen LogP contribution in [0.25, 0.3) is 0 Å². The molecule has 2 rings (SSSR count). The normalized spacial score (nSPS) is 22.0. The van der Waals surface area contributed by atoms with Gasteiger partial charge >= 0.3 is 0 Å². The molecule has 1 aliphatic heterocycles. The summed E-state index contributed by atoms with van der Waals surface area (Å²) in [7, 11) is 2.07. The Kier molecular flexibility index (Phi) is 3.74. The maximum Gasteiger partial charge on any atom is 0.146 e. The maximum absolute atomic E-state index is 13.3. The van der Waals surface area contributed by atoms with Crippen molar-refractivity contribution < 1.29 is 9.13 Å². The van der Waals surface area contributed by atoms with Crippen LogP contribution in [0.1, 0.15) is 0 Å². The molecule has 1 aliphatic rings. The molecule has 1 unspecified atom stereocenters. The third kappa shape index (κ3) is 2.93. The lowest BCUT2D eigenvalue weighted by atomic mass is 10.2. The molecular weight excluding hydrogens is 207 g/mol. The Bertz CT molecular complexity index is 346. The smallest absolute Gasteiger partial charge is 0.146 e. The molecule has 1 fully saturated rings. The molecule has 3 nitrogen and oxygen atoms in total. The van der Waals surface area contributed by atoms with Gasteiger partial charge in [-0.25, -0.2) is 4.39 Å². The van der Waals surface area contributed by atoms with Crippen LogP contribution in [0.5, 0.6) is 0 Å². The van der Waals surface area contributed by atoms with Crippen molar-refractivity contribution in [1.29, 1.82) is 0 Å². The minimum Gasteiger partial charge on any atom is -0.380 e. The third-order valence-corrected chi connectivity index (χ3v) is 2.74. The minimum absolute atomic E-state index is 0.137. The second-order valence-corrected chi connectivity index (χ2v) is 4.12. The summed E-state index contributed by atoms with van der Waals surface area (Å²) in [6, 6.07) is 6.70. The van der Waals surface area contributed by atoms with Crippen LogP contribution in [0.2, 0.25) is 0 Å². The van der Waals surface area contributed by atoms with Crippen LogP contribution in [0.4, 0.5) is 10.1 Å². The van der Waals surface area contributed by atoms with E-state index in [1.54, 1.807) is 12.1 Å². The molecule has 16 heavy (non-hydrogen) atoms. The molecule has 0 spiro atoms. The number of para-hydroxylation sites is 1. The number of rotatable bonds is 3. The molecule has 0 aliphatic carbocycles. The van der Waals surface area contributed by atoms with E-state index in [9.17, 15) is 4.39 Å². The molecule has 1 atom stereocenters. The average molecular weight is 224 g/mol. The van der Waals surface area contributed by atoms with Crippen LogP contribution in [-0.2, 0) is 4.74 Å². The Balaban J connectivity index is 1.85. The van der Waals surface area contributed by atoms with Crippen molar-refractivity contribution in [2.75, 3.05) is 38.6 Å². The van der Waals surface area contributed by atoms with Gasteiger partial charge in [0.05, 0.1) is 18.4 Å². The highest BCUT2D eigenvalue weighted by Crippen LogP contribution is 2.13. The molecule has 4 heteroatoms. The Morgan fingerprint density at radius 2 is 2.31 bits per heavy atom. The van der Waals surface area contributed by atoms with Gasteiger partial charge in [0.1, 0.15) is 5.82 Å². The maximum atomic E-state index is 13.3. The van der Waals surface area contributed by atoms with Gasteiger partial charge in [-0.2, -0.15) is 0 Å². The number of hydrogen-bond donors (Lipinski definition) is 1. The molecule has 0 saturated carbocycles. The van der Waals surface area contributed by atoms with Crippen molar-refractivity contribution in [3.63, 3.8) is 0 Å². The standard InChI is InChI=1S/C12H17FN2O/c1-15-6-7-16-10(9-15)8-14-12-5-3-2-4-11(12)13/h2-5,10,14H,6-9H2,1H3. The number of hydrogen-bond acceptors (Lipinski definition) is 3. The molecule has 0 amide bonds. The van der Waals surface area contributed by atoms with Crippen molar-refractivity contribution in [3.05, 3.63) is 30.1 Å². The van der Waals surface area contributed by atoms with Crippen molar-refractivity contribution in [2.45, 2.75) is 6.10 Å². The summed E-state index contributed by atoms with van der Waals surface area (Å²) in [6.45, 7) is 3.25. The zero-order valence-electron chi connectivity index (χ0n) is 9.45. The quantitative estimate of drug-likeness (QED) is 0.843. The third-order valence-electron chi connectivity index (χ3n) is 2.74. The van der Waals surface area contributed by atoms with E-state index in [1.165, 1.54) is 6.07 Å². The van der Waals surface area contributed by atoms with Crippen LogP contribution >= 0.6 is 0 Å². The summed E-state index contributed by atoms with van der Waals surface area (Å²) in [5.74, 6) is -0.216. The van der Waals surface area contributed by atoms with Gasteiger partial charge in [0.2, 0.25) is 0 Å². The predicted octanol–water partition coefficient (Wildman–Crippen LogP) is 1.57. The van der Waals surface area contributed by atoms with Crippen molar-refractivity contribution in [1.82, 2.24) is 4.90 Å². The number of nitrogens with zero attached hydrogens (tertiary/aromatic N) is 1. The lowest BCUT2D eigenvalue weighted by Gasteiger charge is -2.30. The summed E-state index contributed by atoms with van der Waals surface area (Å²) < 4.78 is 18.9. The zero-order chi connectivity index (χ0) is 11.4. The van der Waals surface area contributed by atoms with E-state index in [4.69, 9.17) is 4.74 Å². The lowest BCUT2D eigenvalue weighted by molar-refractivity contribution is -0.0117.